The van der Waals surface area contributed by atoms with Crippen LogP contribution < -0.4 is 5.32 Å². The summed E-state index contributed by atoms with van der Waals surface area (Å²) in [5, 5.41) is 14.1. The number of hydrogen-bond donors (Lipinski definition) is 2. The predicted octanol–water partition coefficient (Wildman–Crippen LogP) is 2.64. The highest BCUT2D eigenvalue weighted by Crippen LogP contribution is 2.28. The van der Waals surface area contributed by atoms with Gasteiger partial charge in [0, 0.05) is 18.1 Å². The van der Waals surface area contributed by atoms with Crippen molar-refractivity contribution in [2.45, 2.75) is 13.0 Å². The van der Waals surface area contributed by atoms with Gasteiger partial charge < -0.3 is 15.3 Å². The highest BCUT2D eigenvalue weighted by molar-refractivity contribution is 6.35. The van der Waals surface area contributed by atoms with Gasteiger partial charge in [-0.3, -0.25) is 0 Å². The van der Waals surface area contributed by atoms with Crippen LogP contribution in [0.5, 0.6) is 0 Å². The van der Waals surface area contributed by atoms with E-state index in [2.05, 4.69) is 5.32 Å². The Balaban J connectivity index is 2.60. The van der Waals surface area contributed by atoms with Gasteiger partial charge in [0.2, 0.25) is 0 Å². The average molecular weight is 277 g/mol. The lowest BCUT2D eigenvalue weighted by atomic mass is 10.2. The number of aliphatic hydroxyl groups excluding tert-OH is 1. The molecule has 96 valence electrons. The van der Waals surface area contributed by atoms with E-state index in [1.165, 1.54) is 0 Å². The maximum Gasteiger partial charge on any atom is 0.0838 e. The maximum absolute atomic E-state index is 9.72. The first kappa shape index (κ1) is 14.6. The van der Waals surface area contributed by atoms with Crippen LogP contribution in [-0.2, 0) is 0 Å². The van der Waals surface area contributed by atoms with Crippen LogP contribution in [0.1, 0.15) is 5.56 Å². The molecule has 0 aliphatic rings. The fourth-order valence-corrected chi connectivity index (χ4v) is 1.94. The van der Waals surface area contributed by atoms with Gasteiger partial charge in [-0.2, -0.15) is 0 Å². The molecule has 3 nitrogen and oxygen atoms in total. The molecule has 0 aliphatic carbocycles. The van der Waals surface area contributed by atoms with Crippen molar-refractivity contribution in [1.82, 2.24) is 4.90 Å². The Labute approximate surface area is 112 Å². The zero-order chi connectivity index (χ0) is 13.0. The van der Waals surface area contributed by atoms with Crippen molar-refractivity contribution >= 4 is 28.9 Å². The normalized spacial score (nSPS) is 12.9. The molecule has 1 aromatic carbocycles. The van der Waals surface area contributed by atoms with Crippen LogP contribution in [0.15, 0.2) is 12.1 Å². The van der Waals surface area contributed by atoms with Gasteiger partial charge in [0.1, 0.15) is 0 Å². The van der Waals surface area contributed by atoms with Crippen molar-refractivity contribution in [3.8, 4) is 0 Å². The summed E-state index contributed by atoms with van der Waals surface area (Å²) in [5.74, 6) is 0. The Morgan fingerprint density at radius 3 is 2.53 bits per heavy atom. The number of nitrogens with zero attached hydrogens (tertiary/aromatic N) is 1. The zero-order valence-corrected chi connectivity index (χ0v) is 11.8. The van der Waals surface area contributed by atoms with Crippen molar-refractivity contribution < 1.29 is 5.11 Å². The first-order valence-corrected chi connectivity index (χ1v) is 6.18. The molecule has 0 bridgehead atoms. The fourth-order valence-electron chi connectivity index (χ4n) is 1.50. The third kappa shape index (κ3) is 4.72. The van der Waals surface area contributed by atoms with Crippen LogP contribution >= 0.6 is 23.2 Å². The SMILES string of the molecule is Cc1cc(Cl)c(NCC(O)CN(C)C)cc1Cl. The van der Waals surface area contributed by atoms with Gasteiger partial charge in [-0.15, -0.1) is 0 Å². The topological polar surface area (TPSA) is 35.5 Å². The molecule has 1 rings (SSSR count). The molecule has 2 N–H and O–H groups in total. The number of anilines is 1. The number of nitrogens with one attached hydrogen (secondary N) is 1. The number of aryl methyl sites for hydroxylation is 1. The monoisotopic (exact) mass is 276 g/mol. The van der Waals surface area contributed by atoms with Gasteiger partial charge >= 0.3 is 0 Å². The molecule has 5 heteroatoms. The molecule has 0 spiro atoms. The van der Waals surface area contributed by atoms with E-state index in [-0.39, 0.29) is 0 Å². The van der Waals surface area contributed by atoms with Gasteiger partial charge in [0.05, 0.1) is 16.8 Å². The molecule has 0 saturated heterocycles. The van der Waals surface area contributed by atoms with Crippen LogP contribution in [0.4, 0.5) is 5.69 Å². The quantitative estimate of drug-likeness (QED) is 0.868. The van der Waals surface area contributed by atoms with Crippen molar-refractivity contribution in [2.75, 3.05) is 32.5 Å². The number of likely N-dealkylation sites (N-methyl/N-ethyl adjacent to an activating group) is 1. The molecule has 0 heterocycles. The van der Waals surface area contributed by atoms with Gasteiger partial charge in [-0.05, 0) is 38.7 Å². The molecular weight excluding hydrogens is 259 g/mol. The summed E-state index contributed by atoms with van der Waals surface area (Å²) in [6, 6.07) is 3.59. The van der Waals surface area contributed by atoms with Crippen LogP contribution in [0.25, 0.3) is 0 Å². The van der Waals surface area contributed by atoms with E-state index in [0.29, 0.717) is 23.1 Å². The minimum atomic E-state index is -0.443. The minimum absolute atomic E-state index is 0.442. The smallest absolute Gasteiger partial charge is 0.0838 e. The van der Waals surface area contributed by atoms with Crippen LogP contribution in [0, 0.1) is 6.92 Å². The first-order valence-electron chi connectivity index (χ1n) is 5.42. The second-order valence-corrected chi connectivity index (χ2v) is 5.19. The Bertz CT molecular complexity index is 383. The summed E-state index contributed by atoms with van der Waals surface area (Å²) in [6.45, 7) is 2.94. The van der Waals surface area contributed by atoms with E-state index in [1.807, 2.05) is 32.0 Å². The van der Waals surface area contributed by atoms with E-state index in [0.717, 1.165) is 11.3 Å². The molecule has 0 saturated carbocycles. The average Bonchev–Trinajstić information content (AvgIpc) is 2.20. The first-order chi connectivity index (χ1) is 7.90. The molecular formula is C12H18Cl2N2O. The molecule has 0 aromatic heterocycles. The predicted molar refractivity (Wildman–Crippen MR) is 74.2 cm³/mol. The Kier molecular flexibility index (Phi) is 5.53. The van der Waals surface area contributed by atoms with E-state index in [4.69, 9.17) is 23.2 Å². The molecule has 0 fully saturated rings. The van der Waals surface area contributed by atoms with Crippen molar-refractivity contribution in [1.29, 1.82) is 0 Å². The van der Waals surface area contributed by atoms with Crippen LogP contribution in [0.3, 0.4) is 0 Å². The number of benzene rings is 1. The van der Waals surface area contributed by atoms with Gasteiger partial charge in [0.25, 0.3) is 0 Å². The number of hydrogen-bond acceptors (Lipinski definition) is 3. The molecule has 0 amide bonds. The lowest BCUT2D eigenvalue weighted by molar-refractivity contribution is 0.148. The summed E-state index contributed by atoms with van der Waals surface area (Å²) in [6.07, 6.45) is -0.443. The maximum atomic E-state index is 9.72. The summed E-state index contributed by atoms with van der Waals surface area (Å²) in [4.78, 5) is 1.93. The van der Waals surface area contributed by atoms with Crippen LogP contribution in [-0.4, -0.2) is 43.3 Å². The third-order valence-corrected chi connectivity index (χ3v) is 3.07. The highest BCUT2D eigenvalue weighted by atomic mass is 35.5. The van der Waals surface area contributed by atoms with Gasteiger partial charge in [-0.25, -0.2) is 0 Å². The fraction of sp³-hybridized carbons (Fsp3) is 0.500. The molecule has 1 unspecified atom stereocenters. The van der Waals surface area contributed by atoms with Gasteiger partial charge in [0.15, 0.2) is 0 Å². The molecule has 17 heavy (non-hydrogen) atoms. The summed E-state index contributed by atoms with van der Waals surface area (Å²) < 4.78 is 0. The number of aliphatic hydroxyl groups is 1. The minimum Gasteiger partial charge on any atom is -0.390 e. The van der Waals surface area contributed by atoms with E-state index >= 15 is 0 Å². The van der Waals surface area contributed by atoms with Crippen molar-refractivity contribution in [2.24, 2.45) is 0 Å². The van der Waals surface area contributed by atoms with Gasteiger partial charge in [-0.1, -0.05) is 23.2 Å². The summed E-state index contributed by atoms with van der Waals surface area (Å²) >= 11 is 12.1. The van der Waals surface area contributed by atoms with Crippen molar-refractivity contribution in [3.05, 3.63) is 27.7 Å². The highest BCUT2D eigenvalue weighted by Gasteiger charge is 2.08. The van der Waals surface area contributed by atoms with Crippen molar-refractivity contribution in [3.63, 3.8) is 0 Å². The molecule has 0 aliphatic heterocycles. The van der Waals surface area contributed by atoms with Crippen LogP contribution in [0.2, 0.25) is 10.0 Å². The Morgan fingerprint density at radius 2 is 1.94 bits per heavy atom. The Morgan fingerprint density at radius 1 is 1.29 bits per heavy atom. The second-order valence-electron chi connectivity index (χ2n) is 4.38. The zero-order valence-electron chi connectivity index (χ0n) is 10.3. The number of rotatable bonds is 5. The largest absolute Gasteiger partial charge is 0.390 e. The Hall–Kier alpha value is -0.480. The molecule has 1 aromatic rings. The third-order valence-electron chi connectivity index (χ3n) is 2.35. The summed E-state index contributed by atoms with van der Waals surface area (Å²) in [7, 11) is 3.83. The summed E-state index contributed by atoms with van der Waals surface area (Å²) in [5.41, 5.74) is 1.69. The lowest BCUT2D eigenvalue weighted by Gasteiger charge is -2.17. The van der Waals surface area contributed by atoms with E-state index in [1.54, 1.807) is 6.07 Å². The molecule has 1 atom stereocenters. The standard InChI is InChI=1S/C12H18Cl2N2O/c1-8-4-11(14)12(5-10(8)13)15-6-9(17)7-16(2)3/h4-5,9,15,17H,6-7H2,1-3H3. The van der Waals surface area contributed by atoms with E-state index in [9.17, 15) is 5.11 Å². The second kappa shape index (κ2) is 6.45. The lowest BCUT2D eigenvalue weighted by Crippen LogP contribution is -2.31. The van der Waals surface area contributed by atoms with E-state index < -0.39 is 6.10 Å². The molecule has 0 radical (unpaired) electrons. The number of halogens is 2.